The Kier molecular flexibility index (Phi) is 15.4. The summed E-state index contributed by atoms with van der Waals surface area (Å²) in [4.78, 5) is 33.3. The lowest BCUT2D eigenvalue weighted by molar-refractivity contribution is -0.146. The molecule has 0 spiro atoms. The SMILES string of the molecule is CCCCC(=O)NCCCSNNc1ccccc1.COC(=O)C=O. The van der Waals surface area contributed by atoms with E-state index in [2.05, 4.69) is 27.2 Å². The number of hydrogen-bond donors (Lipinski definition) is 3. The predicted molar refractivity (Wildman–Crippen MR) is 101 cm³/mol. The van der Waals surface area contributed by atoms with Gasteiger partial charge in [0.15, 0.2) is 0 Å². The van der Waals surface area contributed by atoms with Gasteiger partial charge in [0.1, 0.15) is 0 Å². The number of rotatable bonds is 11. The average Bonchev–Trinajstić information content (AvgIpc) is 2.66. The first-order valence-electron chi connectivity index (χ1n) is 8.11. The van der Waals surface area contributed by atoms with Gasteiger partial charge in [-0.15, -0.1) is 0 Å². The number of hydrogen-bond acceptors (Lipinski definition) is 7. The summed E-state index contributed by atoms with van der Waals surface area (Å²) in [6.07, 6.45) is 3.77. The Bertz CT molecular complexity index is 486. The second-order valence-electron chi connectivity index (χ2n) is 4.89. The van der Waals surface area contributed by atoms with Gasteiger partial charge < -0.3 is 15.5 Å². The molecule has 0 heterocycles. The maximum absolute atomic E-state index is 11.3. The second-order valence-corrected chi connectivity index (χ2v) is 5.79. The topological polar surface area (TPSA) is 96.5 Å². The van der Waals surface area contributed by atoms with Gasteiger partial charge in [-0.25, -0.2) is 4.79 Å². The third-order valence-electron chi connectivity index (χ3n) is 2.84. The van der Waals surface area contributed by atoms with Crippen molar-refractivity contribution < 1.29 is 19.1 Å². The van der Waals surface area contributed by atoms with Crippen molar-refractivity contribution in [2.24, 2.45) is 0 Å². The van der Waals surface area contributed by atoms with Crippen molar-refractivity contribution in [1.82, 2.24) is 10.1 Å². The molecule has 0 unspecified atom stereocenters. The van der Waals surface area contributed by atoms with Crippen molar-refractivity contribution in [2.45, 2.75) is 32.6 Å². The smallest absolute Gasteiger partial charge is 0.371 e. The molecule has 7 nitrogen and oxygen atoms in total. The first kappa shape index (κ1) is 22.9. The van der Waals surface area contributed by atoms with Crippen LogP contribution in [0.15, 0.2) is 30.3 Å². The van der Waals surface area contributed by atoms with E-state index in [0.717, 1.165) is 44.4 Å². The Labute approximate surface area is 153 Å². The molecule has 25 heavy (non-hydrogen) atoms. The number of para-hydroxylation sites is 1. The van der Waals surface area contributed by atoms with Crippen molar-refractivity contribution in [1.29, 1.82) is 0 Å². The summed E-state index contributed by atoms with van der Waals surface area (Å²) in [7, 11) is 1.15. The van der Waals surface area contributed by atoms with Gasteiger partial charge in [0.2, 0.25) is 12.2 Å². The lowest BCUT2D eigenvalue weighted by atomic mass is 10.2. The Balaban J connectivity index is 0.000000823. The van der Waals surface area contributed by atoms with Gasteiger partial charge >= 0.3 is 5.97 Å². The fourth-order valence-corrected chi connectivity index (χ4v) is 2.09. The second kappa shape index (κ2) is 16.8. The first-order valence-corrected chi connectivity index (χ1v) is 9.10. The van der Waals surface area contributed by atoms with Crippen LogP contribution in [0.3, 0.4) is 0 Å². The molecule has 0 saturated carbocycles. The first-order chi connectivity index (χ1) is 12.1. The number of nitrogens with one attached hydrogen (secondary N) is 3. The third-order valence-corrected chi connectivity index (χ3v) is 3.58. The van der Waals surface area contributed by atoms with Crippen LogP contribution >= 0.6 is 11.9 Å². The van der Waals surface area contributed by atoms with Gasteiger partial charge in [-0.1, -0.05) is 43.5 Å². The molecular weight excluding hydrogens is 342 g/mol. The zero-order valence-corrected chi connectivity index (χ0v) is 15.6. The molecule has 0 aliphatic heterocycles. The number of esters is 1. The van der Waals surface area contributed by atoms with Crippen molar-refractivity contribution in [2.75, 3.05) is 24.8 Å². The predicted octanol–water partition coefficient (Wildman–Crippen LogP) is 2.31. The van der Waals surface area contributed by atoms with Gasteiger partial charge in [0.25, 0.3) is 0 Å². The minimum atomic E-state index is -0.838. The monoisotopic (exact) mass is 369 g/mol. The third kappa shape index (κ3) is 15.2. The van der Waals surface area contributed by atoms with E-state index in [1.54, 1.807) is 11.9 Å². The number of methoxy groups -OCH3 is 1. The Hall–Kier alpha value is -2.06. The number of unbranched alkanes of at least 4 members (excludes halogenated alkanes) is 1. The molecule has 0 bridgehead atoms. The highest BCUT2D eigenvalue weighted by molar-refractivity contribution is 7.97. The highest BCUT2D eigenvalue weighted by atomic mass is 32.2. The summed E-state index contributed by atoms with van der Waals surface area (Å²) in [6, 6.07) is 9.96. The van der Waals surface area contributed by atoms with Crippen molar-refractivity contribution in [3.05, 3.63) is 30.3 Å². The van der Waals surface area contributed by atoms with Crippen LogP contribution in [0.1, 0.15) is 32.6 Å². The van der Waals surface area contributed by atoms with Gasteiger partial charge in [0.05, 0.1) is 7.11 Å². The lowest BCUT2D eigenvalue weighted by Gasteiger charge is -2.07. The molecule has 3 N–H and O–H groups in total. The molecule has 8 heteroatoms. The number of hydrazine groups is 1. The number of aldehydes is 1. The fourth-order valence-electron chi connectivity index (χ4n) is 1.51. The number of carbonyl (C=O) groups is 3. The number of amides is 1. The molecule has 140 valence electrons. The summed E-state index contributed by atoms with van der Waals surface area (Å²) in [5.41, 5.74) is 4.14. The van der Waals surface area contributed by atoms with Crippen molar-refractivity contribution in [3.8, 4) is 0 Å². The van der Waals surface area contributed by atoms with Gasteiger partial charge in [-0.05, 0) is 25.0 Å². The van der Waals surface area contributed by atoms with Crippen LogP contribution in [0, 0.1) is 0 Å². The summed E-state index contributed by atoms with van der Waals surface area (Å²) >= 11 is 1.61. The molecule has 0 aromatic heterocycles. The Morgan fingerprint density at radius 2 is 1.92 bits per heavy atom. The number of benzene rings is 1. The number of anilines is 1. The van der Waals surface area contributed by atoms with Crippen LogP contribution in [0.25, 0.3) is 0 Å². The maximum atomic E-state index is 11.3. The highest BCUT2D eigenvalue weighted by Crippen LogP contribution is 2.05. The molecule has 0 aliphatic carbocycles. The van der Waals surface area contributed by atoms with Crippen LogP contribution in [-0.2, 0) is 19.1 Å². The molecule has 0 fully saturated rings. The van der Waals surface area contributed by atoms with E-state index in [0.29, 0.717) is 6.42 Å². The van der Waals surface area contributed by atoms with E-state index < -0.39 is 5.97 Å². The van der Waals surface area contributed by atoms with E-state index >= 15 is 0 Å². The summed E-state index contributed by atoms with van der Waals surface area (Å²) in [6.45, 7) is 2.85. The minimum absolute atomic E-state index is 0.111. The van der Waals surface area contributed by atoms with Gasteiger partial charge in [-0.3, -0.25) is 9.59 Å². The quantitative estimate of drug-likeness (QED) is 0.138. The van der Waals surface area contributed by atoms with Crippen LogP contribution in [0.4, 0.5) is 5.69 Å². The molecule has 0 saturated heterocycles. The molecule has 1 amide bonds. The highest BCUT2D eigenvalue weighted by Gasteiger charge is 1.98. The van der Waals surface area contributed by atoms with E-state index in [4.69, 9.17) is 0 Å². The van der Waals surface area contributed by atoms with E-state index in [9.17, 15) is 14.4 Å². The summed E-state index contributed by atoms with van der Waals surface area (Å²) in [5.74, 6) is 0.283. The van der Waals surface area contributed by atoms with Crippen molar-refractivity contribution >= 4 is 35.8 Å². The molecule has 1 aromatic carbocycles. The number of carbonyl (C=O) groups excluding carboxylic acids is 3. The fraction of sp³-hybridized carbons (Fsp3) is 0.471. The number of ether oxygens (including phenoxy) is 1. The Morgan fingerprint density at radius 3 is 2.48 bits per heavy atom. The molecule has 0 radical (unpaired) electrons. The van der Waals surface area contributed by atoms with Gasteiger partial charge in [0, 0.05) is 24.4 Å². The van der Waals surface area contributed by atoms with E-state index in [1.165, 1.54) is 0 Å². The van der Waals surface area contributed by atoms with Crippen molar-refractivity contribution in [3.63, 3.8) is 0 Å². The zero-order valence-electron chi connectivity index (χ0n) is 14.7. The summed E-state index contributed by atoms with van der Waals surface area (Å²) in [5, 5.41) is 2.93. The van der Waals surface area contributed by atoms with E-state index in [1.807, 2.05) is 30.3 Å². The maximum Gasteiger partial charge on any atom is 0.371 e. The van der Waals surface area contributed by atoms with Crippen LogP contribution in [0.5, 0.6) is 0 Å². The molecule has 1 rings (SSSR count). The zero-order chi connectivity index (χ0) is 18.8. The average molecular weight is 369 g/mol. The van der Waals surface area contributed by atoms with Crippen LogP contribution in [-0.4, -0.2) is 37.6 Å². The summed E-state index contributed by atoms with van der Waals surface area (Å²) < 4.78 is 3.89. The van der Waals surface area contributed by atoms with Gasteiger partial charge in [-0.2, -0.15) is 4.83 Å². The normalized spacial score (nSPS) is 9.36. The van der Waals surface area contributed by atoms with Crippen LogP contribution in [0.2, 0.25) is 0 Å². The molecule has 1 aromatic rings. The largest absolute Gasteiger partial charge is 0.463 e. The molecule has 0 atom stereocenters. The Morgan fingerprint density at radius 1 is 1.20 bits per heavy atom. The van der Waals surface area contributed by atoms with E-state index in [-0.39, 0.29) is 12.2 Å². The standard InChI is InChI=1S/C14H23N3OS.C3H4O3/c1-2-3-10-14(18)15-11-7-12-19-17-16-13-8-5-4-6-9-13;1-6-3(5)2-4/h4-6,8-9,16-17H,2-3,7,10-12H2,1H3,(H,15,18);2H,1H3. The molecular formula is C17H27N3O4S. The van der Waals surface area contributed by atoms with Crippen LogP contribution < -0.4 is 15.6 Å². The molecule has 0 aliphatic rings. The minimum Gasteiger partial charge on any atom is -0.463 e. The lowest BCUT2D eigenvalue weighted by Crippen LogP contribution is -2.24.